The van der Waals surface area contributed by atoms with Crippen molar-refractivity contribution in [3.8, 4) is 0 Å². The van der Waals surface area contributed by atoms with E-state index in [4.69, 9.17) is 11.1 Å². The number of nitrogens with one attached hydrogen (secondary N) is 2. The summed E-state index contributed by atoms with van der Waals surface area (Å²) in [6.07, 6.45) is 10.5. The number of carbonyl (C=O) groups excluding carboxylic acids is 2. The molecule has 2 N–H and O–H groups in total. The molecule has 0 spiro atoms. The quantitative estimate of drug-likeness (QED) is 0.0301. The first-order chi connectivity index (χ1) is 27.3. The summed E-state index contributed by atoms with van der Waals surface area (Å²) in [7, 11) is -16.5. The molecule has 2 aromatic carbocycles. The Bertz CT molecular complexity index is 2320. The number of hydrogen-bond acceptors (Lipinski definition) is 10. The molecule has 0 aliphatic heterocycles. The number of azide groups is 2. The molecule has 2 rings (SSSR count). The molecule has 0 fully saturated rings. The van der Waals surface area contributed by atoms with Gasteiger partial charge in [-0.2, -0.15) is 0 Å². The number of benzene rings is 2. The van der Waals surface area contributed by atoms with Gasteiger partial charge in [0.1, 0.15) is 5.78 Å². The Morgan fingerprint density at radius 2 is 1.33 bits per heavy atom. The molecule has 3 unspecified atom stereocenters. The molecule has 0 saturated carbocycles. The maximum absolute atomic E-state index is 12.8. The van der Waals surface area contributed by atoms with Gasteiger partial charge in [-0.1, -0.05) is 57.0 Å². The SMILES string of the molecule is C=CC(CC/C=C/CC(=O)CCCCC(C)CCS(=O)(=O)c1cccc(S(=O)(=O)N=[N+]=[N-])c1)C(=O)NCCCC(C)CNS(=O)(=O)c1cccc(S(=O)(=O)N=[N+]=[N-])c1. The minimum Gasteiger partial charge on any atom is -0.356 e. The molecular formula is C36H50N8O10S4. The lowest BCUT2D eigenvalue weighted by Crippen LogP contribution is -2.31. The van der Waals surface area contributed by atoms with Crippen LogP contribution in [0.2, 0.25) is 0 Å². The van der Waals surface area contributed by atoms with Crippen molar-refractivity contribution in [2.75, 3.05) is 18.8 Å². The highest BCUT2D eigenvalue weighted by atomic mass is 32.2. The Hall–Kier alpha value is -4.56. The number of allylic oxidation sites excluding steroid dienone is 2. The van der Waals surface area contributed by atoms with Gasteiger partial charge in [-0.05, 0) is 97.8 Å². The lowest BCUT2D eigenvalue weighted by atomic mass is 9.99. The molecule has 0 aromatic heterocycles. The largest absolute Gasteiger partial charge is 0.356 e. The third-order valence-corrected chi connectivity index (χ3v) is 14.5. The molecule has 0 saturated heterocycles. The van der Waals surface area contributed by atoms with Gasteiger partial charge in [0.25, 0.3) is 20.0 Å². The zero-order valence-electron chi connectivity index (χ0n) is 32.4. The van der Waals surface area contributed by atoms with Gasteiger partial charge in [-0.3, -0.25) is 9.59 Å². The van der Waals surface area contributed by atoms with Crippen molar-refractivity contribution in [1.29, 1.82) is 0 Å². The number of nitrogens with zero attached hydrogens (tertiary/aromatic N) is 6. The van der Waals surface area contributed by atoms with Crippen LogP contribution < -0.4 is 10.0 Å². The van der Waals surface area contributed by atoms with Crippen molar-refractivity contribution in [3.05, 3.63) is 94.2 Å². The van der Waals surface area contributed by atoms with Crippen LogP contribution in [0.1, 0.15) is 78.1 Å². The summed E-state index contributed by atoms with van der Waals surface area (Å²) >= 11 is 0. The van der Waals surface area contributed by atoms with E-state index < -0.39 is 55.6 Å². The first kappa shape index (κ1) is 49.6. The van der Waals surface area contributed by atoms with E-state index >= 15 is 0 Å². The molecule has 58 heavy (non-hydrogen) atoms. The smallest absolute Gasteiger partial charge is 0.264 e. The van der Waals surface area contributed by atoms with Crippen molar-refractivity contribution in [2.45, 2.75) is 97.6 Å². The zero-order chi connectivity index (χ0) is 43.4. The fourth-order valence-corrected chi connectivity index (χ4v) is 9.89. The van der Waals surface area contributed by atoms with Crippen LogP contribution in [0, 0.1) is 17.8 Å². The molecule has 18 nitrogen and oxygen atoms in total. The van der Waals surface area contributed by atoms with Gasteiger partial charge in [-0.25, -0.2) is 38.4 Å². The van der Waals surface area contributed by atoms with Crippen LogP contribution in [0.25, 0.3) is 20.9 Å². The first-order valence-electron chi connectivity index (χ1n) is 18.4. The number of amides is 1. The normalized spacial score (nSPS) is 13.8. The number of unbranched alkanes of at least 4 members (excludes halogenated alkanes) is 1. The van der Waals surface area contributed by atoms with E-state index in [0.717, 1.165) is 30.7 Å². The minimum absolute atomic E-state index is 0.0497. The van der Waals surface area contributed by atoms with E-state index in [9.17, 15) is 43.3 Å². The van der Waals surface area contributed by atoms with Crippen molar-refractivity contribution in [3.63, 3.8) is 0 Å². The topological polar surface area (TPSA) is 292 Å². The molecule has 22 heteroatoms. The van der Waals surface area contributed by atoms with Crippen molar-refractivity contribution in [2.24, 2.45) is 26.8 Å². The summed E-state index contributed by atoms with van der Waals surface area (Å²) in [5.74, 6) is -0.811. The lowest BCUT2D eigenvalue weighted by Gasteiger charge is -2.15. The van der Waals surface area contributed by atoms with Crippen LogP contribution in [-0.4, -0.2) is 64.2 Å². The predicted octanol–water partition coefficient (Wildman–Crippen LogP) is 6.65. The number of rotatable bonds is 28. The van der Waals surface area contributed by atoms with Gasteiger partial charge in [-0.15, -0.1) is 6.58 Å². The lowest BCUT2D eigenvalue weighted by molar-refractivity contribution is -0.123. The van der Waals surface area contributed by atoms with Crippen LogP contribution in [-0.2, 0) is 49.5 Å². The summed E-state index contributed by atoms with van der Waals surface area (Å²) < 4.78 is 107. The van der Waals surface area contributed by atoms with Gasteiger partial charge in [0, 0.05) is 44.8 Å². The standard InChI is InChI=1S/C36H50N8O10S4/c1-4-30(36(46)39-23-12-14-29(3)27-40-56(49,50)33-19-11-21-35(26-33)58(53,54)44-42-38)15-6-5-7-16-31(45)17-9-8-13-28(2)22-24-55(47,48)32-18-10-20-34(25-32)57(51,52)43-41-37/h4-5,7,10-11,18-21,25-26,28-30,40H,1,6,8-9,12-17,22-24,27H2,2-3H3,(H,39,46)/b7-5+. The Morgan fingerprint density at radius 3 is 1.93 bits per heavy atom. The Kier molecular flexibility index (Phi) is 20.3. The monoisotopic (exact) mass is 882 g/mol. The molecule has 0 heterocycles. The van der Waals surface area contributed by atoms with Crippen LogP contribution in [0.3, 0.4) is 0 Å². The summed E-state index contributed by atoms with van der Waals surface area (Å²) in [4.78, 5) is 28.3. The van der Waals surface area contributed by atoms with E-state index in [1.165, 1.54) is 24.3 Å². The second kappa shape index (κ2) is 23.7. The van der Waals surface area contributed by atoms with Crippen molar-refractivity contribution >= 4 is 51.6 Å². The van der Waals surface area contributed by atoms with E-state index in [0.29, 0.717) is 57.9 Å². The van der Waals surface area contributed by atoms with Crippen molar-refractivity contribution < 1.29 is 43.3 Å². The van der Waals surface area contributed by atoms with Crippen LogP contribution in [0.4, 0.5) is 0 Å². The fourth-order valence-electron chi connectivity index (χ4n) is 5.55. The van der Waals surface area contributed by atoms with Gasteiger partial charge in [0.15, 0.2) is 9.84 Å². The fraction of sp³-hybridized carbons (Fsp3) is 0.500. The summed E-state index contributed by atoms with van der Waals surface area (Å²) in [6.45, 7) is 7.94. The molecule has 1 amide bonds. The number of ketones is 1. The van der Waals surface area contributed by atoms with Gasteiger partial charge < -0.3 is 5.32 Å². The Labute approximate surface area is 340 Å². The highest BCUT2D eigenvalue weighted by molar-refractivity contribution is 7.92. The number of hydrogen-bond donors (Lipinski definition) is 2. The van der Waals surface area contributed by atoms with Gasteiger partial charge in [0.05, 0.1) is 31.3 Å². The number of carbonyl (C=O) groups is 2. The van der Waals surface area contributed by atoms with E-state index in [2.05, 4.69) is 35.5 Å². The Morgan fingerprint density at radius 1 is 0.759 bits per heavy atom. The minimum atomic E-state index is -4.35. The molecule has 0 bridgehead atoms. The highest BCUT2D eigenvalue weighted by Gasteiger charge is 2.22. The molecule has 3 atom stereocenters. The Balaban J connectivity index is 1.63. The number of sulfone groups is 1. The summed E-state index contributed by atoms with van der Waals surface area (Å²) in [6, 6.07) is 9.20. The molecule has 0 aliphatic rings. The van der Waals surface area contributed by atoms with E-state index in [1.54, 1.807) is 12.2 Å². The molecule has 0 aliphatic carbocycles. The second-order valence-corrected chi connectivity index (χ2v) is 20.8. The number of sulfonamides is 3. The van der Waals surface area contributed by atoms with Crippen LogP contribution in [0.5, 0.6) is 0 Å². The molecule has 0 radical (unpaired) electrons. The van der Waals surface area contributed by atoms with Gasteiger partial charge >= 0.3 is 0 Å². The first-order valence-corrected chi connectivity index (χ1v) is 24.4. The summed E-state index contributed by atoms with van der Waals surface area (Å²) in [5, 5.41) is 2.87. The maximum atomic E-state index is 12.8. The third kappa shape index (κ3) is 17.1. The molecular weight excluding hydrogens is 833 g/mol. The second-order valence-electron chi connectivity index (χ2n) is 13.7. The third-order valence-electron chi connectivity index (χ3n) is 9.02. The van der Waals surface area contributed by atoms with Gasteiger partial charge in [0.2, 0.25) is 15.9 Å². The molecule has 2 aromatic rings. The predicted molar refractivity (Wildman–Crippen MR) is 218 cm³/mol. The maximum Gasteiger partial charge on any atom is 0.264 e. The molecule has 318 valence electrons. The van der Waals surface area contributed by atoms with Crippen molar-refractivity contribution in [1.82, 2.24) is 10.0 Å². The average Bonchev–Trinajstić information content (AvgIpc) is 3.18. The van der Waals surface area contributed by atoms with E-state index in [1.807, 2.05) is 19.9 Å². The van der Waals surface area contributed by atoms with Crippen LogP contribution in [0.15, 0.2) is 102 Å². The van der Waals surface area contributed by atoms with Crippen LogP contribution >= 0.6 is 0 Å². The highest BCUT2D eigenvalue weighted by Crippen LogP contribution is 2.22. The average molecular weight is 883 g/mol. The zero-order valence-corrected chi connectivity index (χ0v) is 35.6. The summed E-state index contributed by atoms with van der Waals surface area (Å²) in [5.41, 5.74) is 16.9. The van der Waals surface area contributed by atoms with E-state index in [-0.39, 0.29) is 52.0 Å². The number of Topliss-reactive ketones (excluding diaryl/α,β-unsaturated/α-hetero) is 1.